The monoisotopic (exact) mass is 344 g/mol. The van der Waals surface area contributed by atoms with Crippen LogP contribution in [0.3, 0.4) is 0 Å². The summed E-state index contributed by atoms with van der Waals surface area (Å²) in [6.45, 7) is 5.97. The van der Waals surface area contributed by atoms with Crippen LogP contribution < -0.4 is 5.32 Å². The van der Waals surface area contributed by atoms with Crippen molar-refractivity contribution in [2.24, 2.45) is 0 Å². The van der Waals surface area contributed by atoms with E-state index in [9.17, 15) is 4.39 Å². The molecule has 2 aromatic heterocycles. The number of benzene rings is 1. The van der Waals surface area contributed by atoms with Gasteiger partial charge in [-0.2, -0.15) is 4.98 Å². The van der Waals surface area contributed by atoms with E-state index < -0.39 is 0 Å². The van der Waals surface area contributed by atoms with Crippen LogP contribution in [0.1, 0.15) is 38.3 Å². The van der Waals surface area contributed by atoms with Crippen molar-refractivity contribution in [3.8, 4) is 17.4 Å². The molecule has 3 aromatic rings. The number of nitrogens with one attached hydrogen (secondary N) is 1. The fourth-order valence-corrected chi connectivity index (χ4v) is 2.39. The second-order valence-corrected chi connectivity index (χ2v) is 6.22. The predicted octanol–water partition coefficient (Wildman–Crippen LogP) is 2.73. The third-order valence-electron chi connectivity index (χ3n) is 3.87. The van der Waals surface area contributed by atoms with Crippen molar-refractivity contribution in [2.45, 2.75) is 39.2 Å². The van der Waals surface area contributed by atoms with Crippen molar-refractivity contribution >= 4 is 0 Å². The van der Waals surface area contributed by atoms with Crippen LogP contribution in [0.2, 0.25) is 0 Å². The number of hydrogen-bond donors (Lipinski definition) is 1. The first-order chi connectivity index (χ1) is 12.0. The fraction of sp³-hybridized carbons (Fsp3) is 0.412. The lowest BCUT2D eigenvalue weighted by atomic mass is 10.2. The highest BCUT2D eigenvalue weighted by Gasteiger charge is 2.21. The number of nitrogens with zero attached hydrogens (tertiary/aromatic N) is 5. The van der Waals surface area contributed by atoms with E-state index in [2.05, 4.69) is 25.5 Å². The molecule has 0 bridgehead atoms. The molecule has 1 N–H and O–H groups in total. The molecule has 0 aliphatic rings. The van der Waals surface area contributed by atoms with Crippen molar-refractivity contribution in [3.63, 3.8) is 0 Å². The maximum Gasteiger partial charge on any atom is 0.297 e. The highest BCUT2D eigenvalue weighted by Crippen LogP contribution is 2.23. The van der Waals surface area contributed by atoms with Crippen molar-refractivity contribution in [1.29, 1.82) is 0 Å². The summed E-state index contributed by atoms with van der Waals surface area (Å²) in [5.74, 6) is 1.41. The lowest BCUT2D eigenvalue weighted by Gasteiger charge is -2.08. The van der Waals surface area contributed by atoms with E-state index in [1.165, 1.54) is 10.7 Å². The average Bonchev–Trinajstić information content (AvgIpc) is 3.22. The van der Waals surface area contributed by atoms with Gasteiger partial charge in [-0.05, 0) is 26.1 Å². The van der Waals surface area contributed by atoms with Crippen LogP contribution in [0.15, 0.2) is 28.8 Å². The van der Waals surface area contributed by atoms with Gasteiger partial charge in [0.05, 0.1) is 0 Å². The van der Waals surface area contributed by atoms with Gasteiger partial charge in [-0.15, -0.1) is 5.10 Å². The van der Waals surface area contributed by atoms with E-state index in [0.29, 0.717) is 29.6 Å². The average molecular weight is 344 g/mol. The molecular weight excluding hydrogens is 323 g/mol. The van der Waals surface area contributed by atoms with Crippen LogP contribution in [-0.2, 0) is 6.42 Å². The molecule has 0 aliphatic carbocycles. The normalized spacial score (nSPS) is 12.7. The Morgan fingerprint density at radius 1 is 1.20 bits per heavy atom. The van der Waals surface area contributed by atoms with E-state index in [4.69, 9.17) is 4.52 Å². The predicted molar refractivity (Wildman–Crippen MR) is 90.9 cm³/mol. The van der Waals surface area contributed by atoms with Gasteiger partial charge in [-0.3, -0.25) is 0 Å². The van der Waals surface area contributed by atoms with E-state index in [1.807, 2.05) is 27.8 Å². The smallest absolute Gasteiger partial charge is 0.297 e. The topological polar surface area (TPSA) is 81.7 Å². The summed E-state index contributed by atoms with van der Waals surface area (Å²) >= 11 is 0. The molecule has 0 aliphatic heterocycles. The van der Waals surface area contributed by atoms with Gasteiger partial charge in [0.1, 0.15) is 17.3 Å². The molecular formula is C17H21FN6O. The maximum atomic E-state index is 14.2. The van der Waals surface area contributed by atoms with Gasteiger partial charge in [0.15, 0.2) is 5.82 Å². The first kappa shape index (κ1) is 17.2. The van der Waals surface area contributed by atoms with Gasteiger partial charge >= 0.3 is 0 Å². The highest BCUT2D eigenvalue weighted by molar-refractivity contribution is 5.42. The van der Waals surface area contributed by atoms with Gasteiger partial charge < -0.3 is 9.84 Å². The maximum absolute atomic E-state index is 14.2. The standard InChI is InChI=1S/C17H21FN6O/c1-10(2)16-21-15(17-20-14(23-25-17)9-11(3)19-4)22-24(16)13-8-6-5-7-12(13)18/h5-8,10-11,19H,9H2,1-4H3. The number of likely N-dealkylation sites (N-methyl/N-ethyl adjacent to an activating group) is 1. The lowest BCUT2D eigenvalue weighted by Crippen LogP contribution is -2.24. The van der Waals surface area contributed by atoms with Crippen molar-refractivity contribution in [2.75, 3.05) is 7.05 Å². The molecule has 0 saturated carbocycles. The number of hydrogen-bond acceptors (Lipinski definition) is 6. The van der Waals surface area contributed by atoms with Gasteiger partial charge in [0.25, 0.3) is 5.89 Å². The van der Waals surface area contributed by atoms with E-state index >= 15 is 0 Å². The van der Waals surface area contributed by atoms with Gasteiger partial charge in [0, 0.05) is 18.4 Å². The Hall–Kier alpha value is -2.61. The summed E-state index contributed by atoms with van der Waals surface area (Å²) in [7, 11) is 1.87. The Morgan fingerprint density at radius 3 is 2.64 bits per heavy atom. The minimum Gasteiger partial charge on any atom is -0.330 e. The van der Waals surface area contributed by atoms with Crippen LogP contribution >= 0.6 is 0 Å². The van der Waals surface area contributed by atoms with Gasteiger partial charge in [-0.25, -0.2) is 14.1 Å². The number of aromatic nitrogens is 5. The Kier molecular flexibility index (Phi) is 4.89. The summed E-state index contributed by atoms with van der Waals surface area (Å²) in [5, 5.41) is 11.5. The summed E-state index contributed by atoms with van der Waals surface area (Å²) in [6.07, 6.45) is 0.630. The summed E-state index contributed by atoms with van der Waals surface area (Å²) in [5.41, 5.74) is 0.341. The van der Waals surface area contributed by atoms with Crippen LogP contribution in [0.4, 0.5) is 4.39 Å². The van der Waals surface area contributed by atoms with Crippen molar-refractivity contribution < 1.29 is 8.91 Å². The minimum absolute atomic E-state index is 0.0487. The summed E-state index contributed by atoms with van der Waals surface area (Å²) in [6, 6.07) is 6.67. The Bertz CT molecular complexity index is 856. The van der Waals surface area contributed by atoms with Crippen molar-refractivity contribution in [3.05, 3.63) is 41.7 Å². The Labute approximate surface area is 145 Å². The third kappa shape index (κ3) is 3.58. The minimum atomic E-state index is -0.366. The van der Waals surface area contributed by atoms with E-state index in [1.54, 1.807) is 18.2 Å². The molecule has 0 radical (unpaired) electrons. The zero-order valence-electron chi connectivity index (χ0n) is 14.7. The largest absolute Gasteiger partial charge is 0.330 e. The van der Waals surface area contributed by atoms with E-state index in [-0.39, 0.29) is 23.7 Å². The number of halogens is 1. The quantitative estimate of drug-likeness (QED) is 0.740. The molecule has 7 nitrogen and oxygen atoms in total. The molecule has 0 saturated heterocycles. The molecule has 0 spiro atoms. The lowest BCUT2D eigenvalue weighted by molar-refractivity contribution is 0.415. The number of para-hydroxylation sites is 1. The summed E-state index contributed by atoms with van der Waals surface area (Å²) < 4.78 is 21.0. The molecule has 132 valence electrons. The fourth-order valence-electron chi connectivity index (χ4n) is 2.39. The van der Waals surface area contributed by atoms with E-state index in [0.717, 1.165) is 0 Å². The van der Waals surface area contributed by atoms with Crippen LogP contribution in [0.25, 0.3) is 17.4 Å². The molecule has 2 heterocycles. The molecule has 1 atom stereocenters. The molecule has 8 heteroatoms. The Morgan fingerprint density at radius 2 is 1.96 bits per heavy atom. The van der Waals surface area contributed by atoms with Crippen LogP contribution in [0.5, 0.6) is 0 Å². The first-order valence-electron chi connectivity index (χ1n) is 8.21. The summed E-state index contributed by atoms with van der Waals surface area (Å²) in [4.78, 5) is 8.83. The second-order valence-electron chi connectivity index (χ2n) is 6.22. The van der Waals surface area contributed by atoms with Gasteiger partial charge in [-0.1, -0.05) is 31.1 Å². The molecule has 25 heavy (non-hydrogen) atoms. The molecule has 0 amide bonds. The second kappa shape index (κ2) is 7.10. The molecule has 1 aromatic carbocycles. The molecule has 3 rings (SSSR count). The molecule has 1 unspecified atom stereocenters. The zero-order valence-corrected chi connectivity index (χ0v) is 14.7. The van der Waals surface area contributed by atoms with Crippen molar-refractivity contribution in [1.82, 2.24) is 30.2 Å². The van der Waals surface area contributed by atoms with Gasteiger partial charge in [0.2, 0.25) is 5.82 Å². The van der Waals surface area contributed by atoms with Crippen LogP contribution in [0, 0.1) is 5.82 Å². The van der Waals surface area contributed by atoms with Crippen LogP contribution in [-0.4, -0.2) is 38.0 Å². The molecule has 0 fully saturated rings. The zero-order chi connectivity index (χ0) is 18.0. The highest BCUT2D eigenvalue weighted by atomic mass is 19.1. The third-order valence-corrected chi connectivity index (χ3v) is 3.87. The Balaban J connectivity index is 1.99. The first-order valence-corrected chi connectivity index (χ1v) is 8.21. The SMILES string of the molecule is CNC(C)Cc1noc(-c2nc(C(C)C)n(-c3ccccc3F)n2)n1. The number of rotatable bonds is 6.